The summed E-state index contributed by atoms with van der Waals surface area (Å²) in [6.07, 6.45) is 0.0896. The zero-order valence-corrected chi connectivity index (χ0v) is 9.65. The highest BCUT2D eigenvalue weighted by atomic mass is 16.3. The van der Waals surface area contributed by atoms with Gasteiger partial charge in [0.1, 0.15) is 0 Å². The maximum absolute atomic E-state index is 12.3. The summed E-state index contributed by atoms with van der Waals surface area (Å²) >= 11 is 0. The van der Waals surface area contributed by atoms with Crippen molar-refractivity contribution in [3.63, 3.8) is 0 Å². The summed E-state index contributed by atoms with van der Waals surface area (Å²) in [4.78, 5) is 13.9. The lowest BCUT2D eigenvalue weighted by molar-refractivity contribution is -0.142. The van der Waals surface area contributed by atoms with E-state index in [0.29, 0.717) is 0 Å². The van der Waals surface area contributed by atoms with Crippen molar-refractivity contribution in [1.82, 2.24) is 10.2 Å². The van der Waals surface area contributed by atoms with Crippen molar-refractivity contribution < 1.29 is 15.0 Å². The number of aliphatic hydroxyl groups excluding tert-OH is 2. The van der Waals surface area contributed by atoms with Crippen LogP contribution in [0.3, 0.4) is 0 Å². The Morgan fingerprint density at radius 2 is 1.75 bits per heavy atom. The maximum Gasteiger partial charge on any atom is 0.228 e. The zero-order chi connectivity index (χ0) is 11.8. The molecule has 0 aromatic heterocycles. The molecular formula is C11H20N2O3. The summed E-state index contributed by atoms with van der Waals surface area (Å²) in [5.41, 5.74) is -0.324. The second-order valence-electron chi connectivity index (χ2n) is 5.16. The monoisotopic (exact) mass is 228 g/mol. The van der Waals surface area contributed by atoms with Gasteiger partial charge in [-0.3, -0.25) is 4.79 Å². The molecule has 2 saturated heterocycles. The lowest BCUT2D eigenvalue weighted by Crippen LogP contribution is -2.47. The molecule has 0 bridgehead atoms. The van der Waals surface area contributed by atoms with Gasteiger partial charge in [0.2, 0.25) is 5.91 Å². The number of carbonyl (C=O) groups excluding carboxylic acids is 1. The Morgan fingerprint density at radius 3 is 2.25 bits per heavy atom. The first-order valence-electron chi connectivity index (χ1n) is 5.89. The molecule has 2 aliphatic rings. The minimum Gasteiger partial charge on any atom is -0.388 e. The van der Waals surface area contributed by atoms with Crippen LogP contribution in [-0.4, -0.2) is 59.4 Å². The number of likely N-dealkylation sites (tertiary alicyclic amines) is 1. The normalized spacial score (nSPS) is 34.1. The number of carbonyl (C=O) groups is 1. The van der Waals surface area contributed by atoms with Gasteiger partial charge in [0.25, 0.3) is 0 Å². The Balaban J connectivity index is 2.01. The van der Waals surface area contributed by atoms with Crippen molar-refractivity contribution in [1.29, 1.82) is 0 Å². The Labute approximate surface area is 95.4 Å². The molecule has 16 heavy (non-hydrogen) atoms. The van der Waals surface area contributed by atoms with E-state index in [1.807, 2.05) is 6.92 Å². The molecule has 2 fully saturated rings. The van der Waals surface area contributed by atoms with Crippen LogP contribution in [0.2, 0.25) is 0 Å². The van der Waals surface area contributed by atoms with Crippen LogP contribution in [0.5, 0.6) is 0 Å². The van der Waals surface area contributed by atoms with Gasteiger partial charge in [0, 0.05) is 18.5 Å². The largest absolute Gasteiger partial charge is 0.388 e. The molecule has 0 aromatic rings. The Hall–Kier alpha value is -0.650. The van der Waals surface area contributed by atoms with Gasteiger partial charge >= 0.3 is 0 Å². The van der Waals surface area contributed by atoms with Crippen LogP contribution in [0.25, 0.3) is 0 Å². The molecule has 2 heterocycles. The highest BCUT2D eigenvalue weighted by molar-refractivity contribution is 5.82. The van der Waals surface area contributed by atoms with Crippen molar-refractivity contribution in [3.05, 3.63) is 0 Å². The minimum absolute atomic E-state index is 0.0737. The number of hydrogen-bond donors (Lipinski definition) is 3. The lowest BCUT2D eigenvalue weighted by Gasteiger charge is -2.35. The zero-order valence-electron chi connectivity index (χ0n) is 9.65. The SMILES string of the molecule is CC1(C(=O)N2CC(O)C(O)C2)CCNCC1. The second kappa shape index (κ2) is 4.31. The van der Waals surface area contributed by atoms with Crippen LogP contribution < -0.4 is 5.32 Å². The average molecular weight is 228 g/mol. The fourth-order valence-electron chi connectivity index (χ4n) is 2.51. The average Bonchev–Trinajstić information content (AvgIpc) is 2.59. The molecular weight excluding hydrogens is 208 g/mol. The van der Waals surface area contributed by atoms with Crippen LogP contribution in [0.1, 0.15) is 19.8 Å². The summed E-state index contributed by atoms with van der Waals surface area (Å²) in [5.74, 6) is 0.0737. The summed E-state index contributed by atoms with van der Waals surface area (Å²) in [6.45, 7) is 4.24. The second-order valence-corrected chi connectivity index (χ2v) is 5.16. The molecule has 2 unspecified atom stereocenters. The van der Waals surface area contributed by atoms with Crippen molar-refractivity contribution >= 4 is 5.91 Å². The van der Waals surface area contributed by atoms with E-state index in [-0.39, 0.29) is 24.4 Å². The summed E-state index contributed by atoms with van der Waals surface area (Å²) in [6, 6.07) is 0. The van der Waals surface area contributed by atoms with E-state index in [9.17, 15) is 15.0 Å². The molecule has 2 atom stereocenters. The molecule has 0 saturated carbocycles. The predicted molar refractivity (Wildman–Crippen MR) is 58.8 cm³/mol. The molecule has 0 aliphatic carbocycles. The minimum atomic E-state index is -0.783. The van der Waals surface area contributed by atoms with E-state index >= 15 is 0 Å². The smallest absolute Gasteiger partial charge is 0.228 e. The molecule has 2 aliphatic heterocycles. The Kier molecular flexibility index (Phi) is 3.19. The van der Waals surface area contributed by atoms with Crippen molar-refractivity contribution in [2.75, 3.05) is 26.2 Å². The van der Waals surface area contributed by atoms with E-state index in [4.69, 9.17) is 0 Å². The fraction of sp³-hybridized carbons (Fsp3) is 0.909. The van der Waals surface area contributed by atoms with E-state index in [2.05, 4.69) is 5.32 Å². The van der Waals surface area contributed by atoms with Crippen molar-refractivity contribution in [2.45, 2.75) is 32.0 Å². The molecule has 0 radical (unpaired) electrons. The number of hydrogen-bond acceptors (Lipinski definition) is 4. The van der Waals surface area contributed by atoms with E-state index in [1.54, 1.807) is 4.90 Å². The van der Waals surface area contributed by atoms with Crippen LogP contribution in [0, 0.1) is 5.41 Å². The maximum atomic E-state index is 12.3. The topological polar surface area (TPSA) is 72.8 Å². The van der Waals surface area contributed by atoms with Gasteiger partial charge in [0.05, 0.1) is 12.2 Å². The molecule has 2 rings (SSSR count). The first-order chi connectivity index (χ1) is 7.53. The molecule has 3 N–H and O–H groups in total. The Morgan fingerprint density at radius 1 is 1.25 bits per heavy atom. The fourth-order valence-corrected chi connectivity index (χ4v) is 2.51. The van der Waals surface area contributed by atoms with E-state index in [1.165, 1.54) is 0 Å². The summed E-state index contributed by atoms with van der Waals surface area (Å²) in [7, 11) is 0. The number of amides is 1. The molecule has 1 amide bonds. The molecule has 5 nitrogen and oxygen atoms in total. The van der Waals surface area contributed by atoms with Crippen LogP contribution in [0.4, 0.5) is 0 Å². The third-order valence-corrected chi connectivity index (χ3v) is 3.77. The van der Waals surface area contributed by atoms with Crippen LogP contribution in [0.15, 0.2) is 0 Å². The molecule has 5 heteroatoms. The van der Waals surface area contributed by atoms with Gasteiger partial charge in [-0.1, -0.05) is 6.92 Å². The number of piperidine rings is 1. The van der Waals surface area contributed by atoms with Gasteiger partial charge in [-0.2, -0.15) is 0 Å². The predicted octanol–water partition coefficient (Wildman–Crippen LogP) is -1.06. The third-order valence-electron chi connectivity index (χ3n) is 3.77. The third kappa shape index (κ3) is 2.07. The number of aliphatic hydroxyl groups is 2. The van der Waals surface area contributed by atoms with Gasteiger partial charge in [-0.15, -0.1) is 0 Å². The highest BCUT2D eigenvalue weighted by Crippen LogP contribution is 2.31. The van der Waals surface area contributed by atoms with E-state index in [0.717, 1.165) is 25.9 Å². The highest BCUT2D eigenvalue weighted by Gasteiger charge is 2.42. The standard InChI is InChI=1S/C11H20N2O3/c1-11(2-4-12-5-3-11)10(16)13-6-8(14)9(15)7-13/h8-9,12,14-15H,2-7H2,1H3. The van der Waals surface area contributed by atoms with E-state index < -0.39 is 12.2 Å². The number of rotatable bonds is 1. The van der Waals surface area contributed by atoms with Gasteiger partial charge < -0.3 is 20.4 Å². The summed E-state index contributed by atoms with van der Waals surface area (Å²) in [5, 5.41) is 22.1. The van der Waals surface area contributed by atoms with Gasteiger partial charge in [-0.05, 0) is 25.9 Å². The molecule has 0 aromatic carbocycles. The first-order valence-corrected chi connectivity index (χ1v) is 5.89. The van der Waals surface area contributed by atoms with Gasteiger partial charge in [-0.25, -0.2) is 0 Å². The van der Waals surface area contributed by atoms with Gasteiger partial charge in [0.15, 0.2) is 0 Å². The quantitative estimate of drug-likeness (QED) is 0.535. The first kappa shape index (κ1) is 11.8. The summed E-state index contributed by atoms with van der Waals surface area (Å²) < 4.78 is 0. The van der Waals surface area contributed by atoms with Crippen molar-refractivity contribution in [3.8, 4) is 0 Å². The van der Waals surface area contributed by atoms with Crippen LogP contribution >= 0.6 is 0 Å². The molecule has 0 spiro atoms. The lowest BCUT2D eigenvalue weighted by atomic mass is 9.80. The molecule has 92 valence electrons. The van der Waals surface area contributed by atoms with Crippen molar-refractivity contribution in [2.24, 2.45) is 5.41 Å². The number of nitrogens with zero attached hydrogens (tertiary/aromatic N) is 1. The number of β-amino-alcohol motifs (C(OH)–C–C–N with tert-alkyl or cyclic N) is 2. The number of nitrogens with one attached hydrogen (secondary N) is 1. The van der Waals surface area contributed by atoms with Crippen LogP contribution in [-0.2, 0) is 4.79 Å². The Bertz CT molecular complexity index is 266.